The Hall–Kier alpha value is -2.27. The van der Waals surface area contributed by atoms with Crippen molar-refractivity contribution in [1.29, 1.82) is 0 Å². The van der Waals surface area contributed by atoms with E-state index in [0.717, 1.165) is 0 Å². The van der Waals surface area contributed by atoms with Gasteiger partial charge in [0, 0.05) is 30.7 Å². The van der Waals surface area contributed by atoms with Crippen LogP contribution in [0.1, 0.15) is 44.0 Å². The number of hydrogen-bond donors (Lipinski definition) is 2. The summed E-state index contributed by atoms with van der Waals surface area (Å²) in [7, 11) is -7.16. The molecule has 2 aromatic carbocycles. The highest BCUT2D eigenvalue weighted by molar-refractivity contribution is 7.89. The largest absolute Gasteiger partial charge is 0.352 e. The molecule has 1 saturated heterocycles. The SMILES string of the molecule is CC(C)(C)NS(=O)(=O)c1ccc(C(=O)NCC2CCN(S(=O)(=O)c3ccccc3)CC2)cc1. The molecule has 180 valence electrons. The number of hydrogen-bond acceptors (Lipinski definition) is 5. The summed E-state index contributed by atoms with van der Waals surface area (Å²) in [6.45, 7) is 6.52. The number of carbonyl (C=O) groups excluding carboxylic acids is 1. The summed E-state index contributed by atoms with van der Waals surface area (Å²) in [6, 6.07) is 14.2. The molecule has 0 aliphatic carbocycles. The molecule has 0 spiro atoms. The monoisotopic (exact) mass is 493 g/mol. The predicted octanol–water partition coefficient (Wildman–Crippen LogP) is 2.59. The van der Waals surface area contributed by atoms with Gasteiger partial charge in [0.15, 0.2) is 0 Å². The summed E-state index contributed by atoms with van der Waals surface area (Å²) in [5, 5.41) is 2.88. The van der Waals surface area contributed by atoms with Crippen LogP contribution in [-0.2, 0) is 20.0 Å². The van der Waals surface area contributed by atoms with E-state index in [4.69, 9.17) is 0 Å². The van der Waals surface area contributed by atoms with Gasteiger partial charge in [0.25, 0.3) is 5.91 Å². The number of benzene rings is 2. The van der Waals surface area contributed by atoms with Crippen LogP contribution in [0.5, 0.6) is 0 Å². The number of sulfonamides is 2. The Balaban J connectivity index is 1.52. The fourth-order valence-electron chi connectivity index (χ4n) is 3.68. The maximum absolute atomic E-state index is 12.7. The summed E-state index contributed by atoms with van der Waals surface area (Å²) >= 11 is 0. The maximum atomic E-state index is 12.7. The topological polar surface area (TPSA) is 113 Å². The zero-order valence-electron chi connectivity index (χ0n) is 19.1. The number of piperidine rings is 1. The molecule has 10 heteroatoms. The Morgan fingerprint density at radius 2 is 1.48 bits per heavy atom. The molecule has 0 radical (unpaired) electrons. The van der Waals surface area contributed by atoms with Crippen molar-refractivity contribution in [3.05, 3.63) is 60.2 Å². The van der Waals surface area contributed by atoms with Crippen molar-refractivity contribution in [2.75, 3.05) is 19.6 Å². The average molecular weight is 494 g/mol. The van der Waals surface area contributed by atoms with Crippen molar-refractivity contribution < 1.29 is 21.6 Å². The lowest BCUT2D eigenvalue weighted by Gasteiger charge is -2.31. The lowest BCUT2D eigenvalue weighted by atomic mass is 9.98. The molecule has 8 nitrogen and oxygen atoms in total. The molecule has 1 amide bonds. The lowest BCUT2D eigenvalue weighted by Crippen LogP contribution is -2.41. The Bertz CT molecular complexity index is 1160. The minimum absolute atomic E-state index is 0.0981. The first-order valence-electron chi connectivity index (χ1n) is 10.9. The maximum Gasteiger partial charge on any atom is 0.251 e. The number of rotatable bonds is 7. The molecule has 2 aromatic rings. The third-order valence-corrected chi connectivity index (χ3v) is 9.06. The Kier molecular flexibility index (Phi) is 7.62. The molecular weight excluding hydrogens is 462 g/mol. The lowest BCUT2D eigenvalue weighted by molar-refractivity contribution is 0.0941. The van der Waals surface area contributed by atoms with Crippen molar-refractivity contribution >= 4 is 26.0 Å². The van der Waals surface area contributed by atoms with Crippen LogP contribution in [0.3, 0.4) is 0 Å². The predicted molar refractivity (Wildman–Crippen MR) is 127 cm³/mol. The van der Waals surface area contributed by atoms with E-state index in [1.54, 1.807) is 51.1 Å². The molecule has 2 N–H and O–H groups in total. The highest BCUT2D eigenvalue weighted by Crippen LogP contribution is 2.23. The molecule has 0 atom stereocenters. The van der Waals surface area contributed by atoms with E-state index >= 15 is 0 Å². The van der Waals surface area contributed by atoms with Gasteiger partial charge in [0.05, 0.1) is 9.79 Å². The van der Waals surface area contributed by atoms with Crippen molar-refractivity contribution in [1.82, 2.24) is 14.3 Å². The van der Waals surface area contributed by atoms with Gasteiger partial charge in [-0.2, -0.15) is 4.31 Å². The van der Waals surface area contributed by atoms with Gasteiger partial charge in [0.2, 0.25) is 20.0 Å². The van der Waals surface area contributed by atoms with Crippen LogP contribution in [0, 0.1) is 5.92 Å². The molecule has 33 heavy (non-hydrogen) atoms. The van der Waals surface area contributed by atoms with Gasteiger partial charge in [-0.15, -0.1) is 0 Å². The van der Waals surface area contributed by atoms with Gasteiger partial charge in [0.1, 0.15) is 0 Å². The standard InChI is InChI=1S/C23H31N3O5S2/c1-23(2,3)25-32(28,29)20-11-9-19(10-12-20)22(27)24-17-18-13-15-26(16-14-18)33(30,31)21-7-5-4-6-8-21/h4-12,18,25H,13-17H2,1-3H3,(H,24,27). The smallest absolute Gasteiger partial charge is 0.251 e. The quantitative estimate of drug-likeness (QED) is 0.616. The molecular formula is C23H31N3O5S2. The van der Waals surface area contributed by atoms with E-state index in [-0.39, 0.29) is 16.7 Å². The first-order valence-corrected chi connectivity index (χ1v) is 13.8. The van der Waals surface area contributed by atoms with E-state index in [9.17, 15) is 21.6 Å². The molecule has 3 rings (SSSR count). The average Bonchev–Trinajstić information content (AvgIpc) is 2.77. The summed E-state index contributed by atoms with van der Waals surface area (Å²) in [5.74, 6) is -0.117. The highest BCUT2D eigenvalue weighted by Gasteiger charge is 2.29. The summed E-state index contributed by atoms with van der Waals surface area (Å²) in [6.07, 6.45) is 1.31. The molecule has 1 fully saturated rings. The van der Waals surface area contributed by atoms with Crippen molar-refractivity contribution in [2.24, 2.45) is 5.92 Å². The minimum Gasteiger partial charge on any atom is -0.352 e. The second-order valence-electron chi connectivity index (χ2n) is 9.25. The van der Waals surface area contributed by atoms with Gasteiger partial charge in [-0.05, 0) is 75.9 Å². The van der Waals surface area contributed by atoms with Crippen LogP contribution >= 0.6 is 0 Å². The molecule has 1 heterocycles. The van der Waals surface area contributed by atoms with Crippen molar-refractivity contribution in [3.63, 3.8) is 0 Å². The van der Waals surface area contributed by atoms with Crippen molar-refractivity contribution in [2.45, 2.75) is 48.9 Å². The molecule has 0 aromatic heterocycles. The second kappa shape index (κ2) is 9.92. The van der Waals surface area contributed by atoms with E-state index in [2.05, 4.69) is 10.0 Å². The summed E-state index contributed by atoms with van der Waals surface area (Å²) in [4.78, 5) is 12.9. The highest BCUT2D eigenvalue weighted by atomic mass is 32.2. The summed E-state index contributed by atoms with van der Waals surface area (Å²) < 4.78 is 54.3. The van der Waals surface area contributed by atoms with E-state index in [1.165, 1.54) is 28.6 Å². The first-order chi connectivity index (χ1) is 15.4. The third-order valence-electron chi connectivity index (χ3n) is 5.37. The number of nitrogens with zero attached hydrogens (tertiary/aromatic N) is 1. The number of nitrogens with one attached hydrogen (secondary N) is 2. The van der Waals surface area contributed by atoms with Crippen LogP contribution < -0.4 is 10.0 Å². The number of amides is 1. The van der Waals surface area contributed by atoms with Crippen LogP contribution in [0.25, 0.3) is 0 Å². The van der Waals surface area contributed by atoms with E-state index < -0.39 is 25.6 Å². The fraction of sp³-hybridized carbons (Fsp3) is 0.435. The van der Waals surface area contributed by atoms with Crippen LogP contribution in [0.4, 0.5) is 0 Å². The molecule has 0 saturated carbocycles. The third kappa shape index (κ3) is 6.63. The first kappa shape index (κ1) is 25.4. The van der Waals surface area contributed by atoms with Gasteiger partial charge >= 0.3 is 0 Å². The van der Waals surface area contributed by atoms with Crippen LogP contribution in [0.15, 0.2) is 64.4 Å². The molecule has 0 bridgehead atoms. The molecule has 1 aliphatic heterocycles. The Morgan fingerprint density at radius 1 is 0.909 bits per heavy atom. The zero-order valence-corrected chi connectivity index (χ0v) is 20.7. The Labute approximate surface area is 196 Å². The second-order valence-corrected chi connectivity index (χ2v) is 12.9. The zero-order chi connectivity index (χ0) is 24.3. The van der Waals surface area contributed by atoms with Crippen LogP contribution in [-0.4, -0.2) is 52.2 Å². The Morgan fingerprint density at radius 3 is 2.03 bits per heavy atom. The normalized spacial score (nSPS) is 16.5. The minimum atomic E-state index is -3.66. The van der Waals surface area contributed by atoms with E-state index in [0.29, 0.717) is 42.9 Å². The summed E-state index contributed by atoms with van der Waals surface area (Å²) in [5.41, 5.74) is -0.237. The van der Waals surface area contributed by atoms with E-state index in [1.807, 2.05) is 0 Å². The number of carbonyl (C=O) groups is 1. The fourth-order valence-corrected chi connectivity index (χ4v) is 6.59. The van der Waals surface area contributed by atoms with Gasteiger partial charge in [-0.1, -0.05) is 18.2 Å². The molecule has 0 unspecified atom stereocenters. The van der Waals surface area contributed by atoms with Crippen molar-refractivity contribution in [3.8, 4) is 0 Å². The van der Waals surface area contributed by atoms with Crippen LogP contribution in [0.2, 0.25) is 0 Å². The van der Waals surface area contributed by atoms with Gasteiger partial charge in [-0.25, -0.2) is 21.6 Å². The molecule has 1 aliphatic rings. The van der Waals surface area contributed by atoms with Gasteiger partial charge in [-0.3, -0.25) is 4.79 Å². The van der Waals surface area contributed by atoms with Gasteiger partial charge < -0.3 is 5.32 Å².